The molecule has 0 unspecified atom stereocenters. The SMILES string of the molecule is Cc1ccc(C)c(NC(=O)CN2CCCC[C@@H]2c2n[nH]c(=O)[nH]2)c1. The number of rotatable bonds is 4. The van der Waals surface area contributed by atoms with Gasteiger partial charge in [-0.15, -0.1) is 0 Å². The largest absolute Gasteiger partial charge is 0.340 e. The Morgan fingerprint density at radius 2 is 2.21 bits per heavy atom. The molecule has 7 nitrogen and oxygen atoms in total. The second-order valence-corrected chi connectivity index (χ2v) is 6.41. The van der Waals surface area contributed by atoms with Crippen LogP contribution in [0.3, 0.4) is 0 Å². The predicted octanol–water partition coefficient (Wildman–Crippen LogP) is 1.88. The standard InChI is InChI=1S/C17H23N5O2/c1-11-6-7-12(2)13(9-11)18-15(23)10-22-8-4-3-5-14(22)16-19-17(24)21-20-16/h6-7,9,14H,3-5,8,10H2,1-2H3,(H,18,23)(H2,19,20,21,24)/t14-/m1/s1. The van der Waals surface area contributed by atoms with Crippen molar-refractivity contribution in [2.75, 3.05) is 18.4 Å². The maximum atomic E-state index is 12.5. The highest BCUT2D eigenvalue weighted by Crippen LogP contribution is 2.28. The van der Waals surface area contributed by atoms with Crippen molar-refractivity contribution in [3.63, 3.8) is 0 Å². The van der Waals surface area contributed by atoms with Crippen molar-refractivity contribution in [1.82, 2.24) is 20.1 Å². The van der Waals surface area contributed by atoms with Gasteiger partial charge in [-0.2, -0.15) is 5.10 Å². The van der Waals surface area contributed by atoms with Crippen molar-refractivity contribution in [2.45, 2.75) is 39.2 Å². The van der Waals surface area contributed by atoms with E-state index in [0.29, 0.717) is 5.82 Å². The van der Waals surface area contributed by atoms with Crippen molar-refractivity contribution in [1.29, 1.82) is 0 Å². The molecule has 2 heterocycles. The van der Waals surface area contributed by atoms with E-state index in [4.69, 9.17) is 0 Å². The Bertz CT molecular complexity index is 779. The second kappa shape index (κ2) is 7.00. The number of carbonyl (C=O) groups excluding carboxylic acids is 1. The highest BCUT2D eigenvalue weighted by molar-refractivity contribution is 5.93. The van der Waals surface area contributed by atoms with Crippen LogP contribution in [0.25, 0.3) is 0 Å². The van der Waals surface area contributed by atoms with E-state index < -0.39 is 0 Å². The van der Waals surface area contributed by atoms with Gasteiger partial charge in [-0.25, -0.2) is 9.89 Å². The Morgan fingerprint density at radius 1 is 1.38 bits per heavy atom. The molecule has 1 amide bonds. The molecule has 1 atom stereocenters. The molecule has 1 aromatic heterocycles. The van der Waals surface area contributed by atoms with Crippen LogP contribution in [0.5, 0.6) is 0 Å². The topological polar surface area (TPSA) is 93.9 Å². The number of H-pyrrole nitrogens is 2. The minimum Gasteiger partial charge on any atom is -0.325 e. The third-order valence-corrected chi connectivity index (χ3v) is 4.46. The molecule has 0 radical (unpaired) electrons. The lowest BCUT2D eigenvalue weighted by atomic mass is 10.0. The summed E-state index contributed by atoms with van der Waals surface area (Å²) in [5, 5.41) is 9.44. The second-order valence-electron chi connectivity index (χ2n) is 6.41. The van der Waals surface area contributed by atoms with Crippen LogP contribution < -0.4 is 11.0 Å². The Morgan fingerprint density at radius 3 is 2.96 bits per heavy atom. The van der Waals surface area contributed by atoms with Gasteiger partial charge in [-0.3, -0.25) is 14.7 Å². The number of piperidine rings is 1. The molecule has 1 aliphatic heterocycles. The van der Waals surface area contributed by atoms with E-state index in [1.54, 1.807) is 0 Å². The molecule has 1 aromatic carbocycles. The molecule has 3 N–H and O–H groups in total. The van der Waals surface area contributed by atoms with Crippen molar-refractivity contribution < 1.29 is 4.79 Å². The minimum absolute atomic E-state index is 0.0259. The number of aromatic nitrogens is 3. The van der Waals surface area contributed by atoms with Gasteiger partial charge < -0.3 is 5.32 Å². The number of aryl methyl sites for hydroxylation is 2. The summed E-state index contributed by atoms with van der Waals surface area (Å²) in [6.07, 6.45) is 2.99. The van der Waals surface area contributed by atoms with E-state index in [2.05, 4.69) is 25.4 Å². The molecule has 24 heavy (non-hydrogen) atoms. The first-order valence-corrected chi connectivity index (χ1v) is 8.28. The van der Waals surface area contributed by atoms with Crippen LogP contribution in [0.4, 0.5) is 5.69 Å². The molecule has 1 aliphatic rings. The number of carbonyl (C=O) groups is 1. The first-order chi connectivity index (χ1) is 11.5. The lowest BCUT2D eigenvalue weighted by Gasteiger charge is -2.33. The van der Waals surface area contributed by atoms with E-state index in [0.717, 1.165) is 42.6 Å². The molecule has 0 spiro atoms. The fourth-order valence-electron chi connectivity index (χ4n) is 3.18. The Balaban J connectivity index is 1.69. The summed E-state index contributed by atoms with van der Waals surface area (Å²) in [6, 6.07) is 5.98. The molecule has 1 saturated heterocycles. The maximum Gasteiger partial charge on any atom is 0.340 e. The molecule has 2 aromatic rings. The number of nitrogens with one attached hydrogen (secondary N) is 3. The summed E-state index contributed by atoms with van der Waals surface area (Å²) in [6.45, 7) is 5.09. The van der Waals surface area contributed by atoms with Gasteiger partial charge in [0, 0.05) is 5.69 Å². The number of hydrogen-bond donors (Lipinski definition) is 3. The van der Waals surface area contributed by atoms with Gasteiger partial charge in [-0.05, 0) is 50.4 Å². The molecule has 1 fully saturated rings. The van der Waals surface area contributed by atoms with E-state index in [9.17, 15) is 9.59 Å². The van der Waals surface area contributed by atoms with E-state index >= 15 is 0 Å². The maximum absolute atomic E-state index is 12.5. The number of aromatic amines is 2. The molecule has 128 valence electrons. The Hall–Kier alpha value is -2.41. The van der Waals surface area contributed by atoms with Gasteiger partial charge >= 0.3 is 5.69 Å². The van der Waals surface area contributed by atoms with Gasteiger partial charge in [0.2, 0.25) is 5.91 Å². The third-order valence-electron chi connectivity index (χ3n) is 4.46. The number of benzene rings is 1. The number of anilines is 1. The molecular formula is C17H23N5O2. The predicted molar refractivity (Wildman–Crippen MR) is 91.9 cm³/mol. The van der Waals surface area contributed by atoms with Gasteiger partial charge in [0.1, 0.15) is 5.82 Å². The fraction of sp³-hybridized carbons (Fsp3) is 0.471. The van der Waals surface area contributed by atoms with Crippen LogP contribution in [0, 0.1) is 13.8 Å². The summed E-state index contributed by atoms with van der Waals surface area (Å²) < 4.78 is 0. The van der Waals surface area contributed by atoms with Crippen molar-refractivity contribution in [2.24, 2.45) is 0 Å². The number of amides is 1. The number of hydrogen-bond acceptors (Lipinski definition) is 4. The summed E-state index contributed by atoms with van der Waals surface area (Å²) in [7, 11) is 0. The Labute approximate surface area is 140 Å². The molecule has 0 saturated carbocycles. The molecular weight excluding hydrogens is 306 g/mol. The quantitative estimate of drug-likeness (QED) is 0.798. The zero-order valence-corrected chi connectivity index (χ0v) is 14.1. The van der Waals surface area contributed by atoms with Gasteiger partial charge in [0.25, 0.3) is 0 Å². The van der Waals surface area contributed by atoms with E-state index in [1.807, 2.05) is 32.0 Å². The van der Waals surface area contributed by atoms with Crippen LogP contribution in [-0.4, -0.2) is 39.1 Å². The van der Waals surface area contributed by atoms with E-state index in [1.165, 1.54) is 0 Å². The lowest BCUT2D eigenvalue weighted by Crippen LogP contribution is -2.39. The summed E-state index contributed by atoms with van der Waals surface area (Å²) in [5.41, 5.74) is 2.69. The fourth-order valence-corrected chi connectivity index (χ4v) is 3.18. The summed E-state index contributed by atoms with van der Waals surface area (Å²) in [5.74, 6) is 0.563. The molecule has 0 bridgehead atoms. The van der Waals surface area contributed by atoms with Crippen molar-refractivity contribution in [3.05, 3.63) is 45.6 Å². The first-order valence-electron chi connectivity index (χ1n) is 8.28. The van der Waals surface area contributed by atoms with Crippen LogP contribution in [0.2, 0.25) is 0 Å². The van der Waals surface area contributed by atoms with E-state index in [-0.39, 0.29) is 24.2 Å². The highest BCUT2D eigenvalue weighted by Gasteiger charge is 2.28. The molecule has 7 heteroatoms. The highest BCUT2D eigenvalue weighted by atomic mass is 16.2. The number of likely N-dealkylation sites (tertiary alicyclic amines) is 1. The smallest absolute Gasteiger partial charge is 0.325 e. The first kappa shape index (κ1) is 16.4. The summed E-state index contributed by atoms with van der Waals surface area (Å²) >= 11 is 0. The van der Waals surface area contributed by atoms with Crippen LogP contribution >= 0.6 is 0 Å². The molecule has 0 aliphatic carbocycles. The van der Waals surface area contributed by atoms with Crippen molar-refractivity contribution in [3.8, 4) is 0 Å². The lowest BCUT2D eigenvalue weighted by molar-refractivity contribution is -0.118. The van der Waals surface area contributed by atoms with Gasteiger partial charge in [-0.1, -0.05) is 18.6 Å². The van der Waals surface area contributed by atoms with Crippen molar-refractivity contribution >= 4 is 11.6 Å². The number of nitrogens with zero attached hydrogens (tertiary/aromatic N) is 2. The summed E-state index contributed by atoms with van der Waals surface area (Å²) in [4.78, 5) is 28.6. The molecule has 3 rings (SSSR count). The van der Waals surface area contributed by atoms with Crippen LogP contribution in [0.15, 0.2) is 23.0 Å². The average molecular weight is 329 g/mol. The van der Waals surface area contributed by atoms with Crippen LogP contribution in [-0.2, 0) is 4.79 Å². The van der Waals surface area contributed by atoms with Gasteiger partial charge in [0.05, 0.1) is 12.6 Å². The monoisotopic (exact) mass is 329 g/mol. The zero-order chi connectivity index (χ0) is 17.1. The minimum atomic E-state index is -0.310. The van der Waals surface area contributed by atoms with Crippen LogP contribution in [0.1, 0.15) is 42.3 Å². The average Bonchev–Trinajstić information content (AvgIpc) is 2.98. The third kappa shape index (κ3) is 3.73. The van der Waals surface area contributed by atoms with Gasteiger partial charge in [0.15, 0.2) is 0 Å². The Kier molecular flexibility index (Phi) is 4.80. The normalized spacial score (nSPS) is 18.5. The zero-order valence-electron chi connectivity index (χ0n) is 14.1.